The van der Waals surface area contributed by atoms with Crippen molar-refractivity contribution in [1.29, 1.82) is 0 Å². The maximum atomic E-state index is 13.6. The SMILES string of the molecule is [C-]#[N+]c1ccc(N2CC3(CCN(c4ccc(C(=O)N5CCN(CC6CCN(c7ccc8c(n7)C(=O)N(C7CCC(=O)NC7=O)C8=O)CC6)CC5)cc4)CC3)C[C@@H]2C)cc1Cl. The van der Waals surface area contributed by atoms with Crippen molar-refractivity contribution in [1.82, 2.24) is 25.0 Å². The van der Waals surface area contributed by atoms with Crippen molar-refractivity contribution in [2.24, 2.45) is 11.3 Å². The van der Waals surface area contributed by atoms with Crippen LogP contribution in [0.2, 0.25) is 5.02 Å². The Kier molecular flexibility index (Phi) is 10.7. The van der Waals surface area contributed by atoms with Crippen LogP contribution in [0.15, 0.2) is 54.6 Å². The summed E-state index contributed by atoms with van der Waals surface area (Å²) in [6.45, 7) is 18.1. The van der Waals surface area contributed by atoms with Crippen molar-refractivity contribution in [3.63, 3.8) is 0 Å². The number of hydrogen-bond acceptors (Lipinski definition) is 10. The van der Waals surface area contributed by atoms with Gasteiger partial charge in [0.25, 0.3) is 17.7 Å². The normalized spacial score (nSPS) is 23.6. The third-order valence-corrected chi connectivity index (χ3v) is 14.1. The summed E-state index contributed by atoms with van der Waals surface area (Å²) in [6, 6.07) is 16.7. The van der Waals surface area contributed by atoms with E-state index in [2.05, 4.69) is 53.8 Å². The molecule has 5 amide bonds. The summed E-state index contributed by atoms with van der Waals surface area (Å²) in [5.74, 6) is -0.961. The van der Waals surface area contributed by atoms with E-state index < -0.39 is 29.7 Å². The van der Waals surface area contributed by atoms with Crippen molar-refractivity contribution in [3.05, 3.63) is 87.9 Å². The summed E-state index contributed by atoms with van der Waals surface area (Å²) in [7, 11) is 0. The molecule has 3 aromatic rings. The zero-order chi connectivity index (χ0) is 41.7. The highest BCUT2D eigenvalue weighted by Crippen LogP contribution is 2.46. The van der Waals surface area contributed by atoms with Crippen LogP contribution in [0.3, 0.4) is 0 Å². The summed E-state index contributed by atoms with van der Waals surface area (Å²) in [5, 5.41) is 2.74. The van der Waals surface area contributed by atoms with Crippen molar-refractivity contribution in [3.8, 4) is 0 Å². The van der Waals surface area contributed by atoms with Gasteiger partial charge in [0.1, 0.15) is 17.6 Å². The number of fused-ring (bicyclic) bond motifs is 1. The average molecular weight is 832 g/mol. The monoisotopic (exact) mass is 831 g/mol. The van der Waals surface area contributed by atoms with Gasteiger partial charge >= 0.3 is 0 Å². The van der Waals surface area contributed by atoms with Crippen LogP contribution in [-0.4, -0.2) is 127 Å². The van der Waals surface area contributed by atoms with Gasteiger partial charge in [0.2, 0.25) is 17.5 Å². The quantitative estimate of drug-likeness (QED) is 0.249. The van der Waals surface area contributed by atoms with Gasteiger partial charge in [0.05, 0.1) is 12.1 Å². The second kappa shape index (κ2) is 16.2. The summed E-state index contributed by atoms with van der Waals surface area (Å²) in [6.07, 6.45) is 5.46. The van der Waals surface area contributed by atoms with Crippen LogP contribution in [0.4, 0.5) is 22.9 Å². The highest BCUT2D eigenvalue weighted by Gasteiger charge is 2.46. The number of pyridine rings is 1. The standard InChI is InChI=1S/C45H50ClN9O5/c1-29-26-45(28-54(29)33-7-9-36(47-2)35(46)25-33)15-19-51(20-16-45)32-5-3-31(4-6-32)42(58)53-23-21-50(22-24-53)27-30-13-17-52(18-14-30)38-11-8-34-40(48-38)44(60)55(43(34)59)37-10-12-39(56)49-41(37)57/h3-9,11,25,29-30,37H,10,12-24,26-28H2,1H3,(H,49,56,57)/t29-,37?/m0/s1. The molecule has 1 aromatic heterocycles. The summed E-state index contributed by atoms with van der Waals surface area (Å²) in [4.78, 5) is 84.5. The van der Waals surface area contributed by atoms with Gasteiger partial charge in [-0.3, -0.25) is 39.1 Å². The van der Waals surface area contributed by atoms with Crippen molar-refractivity contribution < 1.29 is 24.0 Å². The maximum absolute atomic E-state index is 13.6. The lowest BCUT2D eigenvalue weighted by Gasteiger charge is -2.40. The predicted molar refractivity (Wildman–Crippen MR) is 228 cm³/mol. The summed E-state index contributed by atoms with van der Waals surface area (Å²) >= 11 is 6.39. The molecule has 0 aliphatic carbocycles. The molecule has 7 heterocycles. The lowest BCUT2D eigenvalue weighted by molar-refractivity contribution is -0.136. The molecule has 0 bridgehead atoms. The number of nitrogens with zero attached hydrogens (tertiary/aromatic N) is 8. The Hall–Kier alpha value is -5.52. The molecule has 5 saturated heterocycles. The molecule has 9 rings (SSSR count). The fourth-order valence-electron chi connectivity index (χ4n) is 10.4. The third-order valence-electron chi connectivity index (χ3n) is 13.8. The number of carbonyl (C=O) groups is 5. The molecule has 6 aliphatic heterocycles. The molecule has 5 fully saturated rings. The zero-order valence-corrected chi connectivity index (χ0v) is 34.7. The Morgan fingerprint density at radius 3 is 2.27 bits per heavy atom. The molecule has 0 saturated carbocycles. The largest absolute Gasteiger partial charge is 0.371 e. The Labute approximate surface area is 355 Å². The average Bonchev–Trinajstić information content (AvgIpc) is 3.71. The number of halogens is 1. The first-order valence-corrected chi connectivity index (χ1v) is 21.6. The van der Waals surface area contributed by atoms with Gasteiger partial charge in [-0.25, -0.2) is 9.83 Å². The Morgan fingerprint density at radius 2 is 1.58 bits per heavy atom. The smallest absolute Gasteiger partial charge is 0.281 e. The van der Waals surface area contributed by atoms with Crippen LogP contribution >= 0.6 is 11.6 Å². The summed E-state index contributed by atoms with van der Waals surface area (Å²) in [5.41, 5.74) is 3.98. The third kappa shape index (κ3) is 7.58. The highest BCUT2D eigenvalue weighted by atomic mass is 35.5. The molecule has 2 atom stereocenters. The number of benzene rings is 2. The molecule has 1 N–H and O–H groups in total. The van der Waals surface area contributed by atoms with E-state index >= 15 is 0 Å². The number of hydrogen-bond donors (Lipinski definition) is 1. The van der Waals surface area contributed by atoms with Gasteiger partial charge in [-0.15, -0.1) is 0 Å². The predicted octanol–water partition coefficient (Wildman–Crippen LogP) is 5.25. The van der Waals surface area contributed by atoms with E-state index in [1.165, 1.54) is 0 Å². The first-order valence-electron chi connectivity index (χ1n) is 21.3. The number of piperazine rings is 1. The maximum Gasteiger partial charge on any atom is 0.281 e. The fourth-order valence-corrected chi connectivity index (χ4v) is 10.6. The van der Waals surface area contributed by atoms with E-state index in [0.717, 1.165) is 106 Å². The molecular formula is C45H50ClN9O5. The first kappa shape index (κ1) is 39.9. The number of anilines is 3. The minimum atomic E-state index is -1.01. The van der Waals surface area contributed by atoms with E-state index in [0.29, 0.717) is 41.6 Å². The molecule has 2 aromatic carbocycles. The molecule has 1 unspecified atom stereocenters. The van der Waals surface area contributed by atoms with Gasteiger partial charge in [-0.2, -0.15) is 0 Å². The number of aromatic nitrogens is 1. The van der Waals surface area contributed by atoms with Crippen molar-refractivity contribution >= 4 is 64.0 Å². The van der Waals surface area contributed by atoms with Crippen LogP contribution in [0, 0.1) is 17.9 Å². The molecule has 60 heavy (non-hydrogen) atoms. The van der Waals surface area contributed by atoms with E-state index in [1.807, 2.05) is 35.2 Å². The first-order chi connectivity index (χ1) is 29.0. The Morgan fingerprint density at radius 1 is 0.867 bits per heavy atom. The van der Waals surface area contributed by atoms with Crippen LogP contribution in [0.25, 0.3) is 4.85 Å². The van der Waals surface area contributed by atoms with Crippen molar-refractivity contribution in [2.75, 3.05) is 80.1 Å². The number of piperidine rings is 3. The van der Waals surface area contributed by atoms with Crippen LogP contribution in [0.1, 0.15) is 83.1 Å². The lowest BCUT2D eigenvalue weighted by Crippen LogP contribution is -2.54. The van der Waals surface area contributed by atoms with Crippen LogP contribution in [0.5, 0.6) is 0 Å². The number of nitrogens with one attached hydrogen (secondary N) is 1. The highest BCUT2D eigenvalue weighted by molar-refractivity contribution is 6.33. The molecular weight excluding hydrogens is 782 g/mol. The van der Waals surface area contributed by atoms with E-state index in [1.54, 1.807) is 12.1 Å². The van der Waals surface area contributed by atoms with E-state index in [9.17, 15) is 24.0 Å². The van der Waals surface area contributed by atoms with E-state index in [4.69, 9.17) is 18.2 Å². The number of amides is 5. The Bertz CT molecular complexity index is 2250. The van der Waals surface area contributed by atoms with Crippen LogP contribution < -0.4 is 20.0 Å². The topological polar surface area (TPSA) is 134 Å². The number of carbonyl (C=O) groups excluding carboxylic acids is 5. The zero-order valence-electron chi connectivity index (χ0n) is 33.9. The number of imide groups is 2. The summed E-state index contributed by atoms with van der Waals surface area (Å²) < 4.78 is 0. The molecule has 1 spiro atoms. The van der Waals surface area contributed by atoms with Gasteiger partial charge in [0, 0.05) is 99.9 Å². The second-order valence-corrected chi connectivity index (χ2v) is 17.9. The molecule has 15 heteroatoms. The molecule has 14 nitrogen and oxygen atoms in total. The Balaban J connectivity index is 0.717. The lowest BCUT2D eigenvalue weighted by atomic mass is 9.76. The van der Waals surface area contributed by atoms with Gasteiger partial charge in [-0.05, 0) is 105 Å². The second-order valence-electron chi connectivity index (χ2n) is 17.5. The number of rotatable bonds is 7. The van der Waals surface area contributed by atoms with Gasteiger partial charge in [0.15, 0.2) is 0 Å². The molecule has 312 valence electrons. The fraction of sp³-hybridized carbons (Fsp3) is 0.489. The van der Waals surface area contributed by atoms with Crippen molar-refractivity contribution in [2.45, 2.75) is 64.0 Å². The molecule has 0 radical (unpaired) electrons. The van der Waals surface area contributed by atoms with Gasteiger partial charge < -0.3 is 19.6 Å². The molecule has 6 aliphatic rings. The minimum absolute atomic E-state index is 0.0593. The van der Waals surface area contributed by atoms with Gasteiger partial charge in [-0.1, -0.05) is 17.7 Å². The minimum Gasteiger partial charge on any atom is -0.371 e. The van der Waals surface area contributed by atoms with Crippen LogP contribution in [-0.2, 0) is 9.59 Å². The van der Waals surface area contributed by atoms with E-state index in [-0.39, 0.29) is 35.4 Å².